The van der Waals surface area contributed by atoms with Crippen molar-refractivity contribution in [3.05, 3.63) is 65.5 Å². The first kappa shape index (κ1) is 16.8. The van der Waals surface area contributed by atoms with Crippen LogP contribution in [0.1, 0.15) is 29.8 Å². The summed E-state index contributed by atoms with van der Waals surface area (Å²) in [5, 5.41) is 1.14. The van der Waals surface area contributed by atoms with Crippen LogP contribution in [0.4, 0.5) is 5.82 Å². The number of carbonyl (C=O) groups is 1. The first-order valence-electron chi connectivity index (χ1n) is 8.20. The number of hydrogen-bond donors (Lipinski definition) is 2. The van der Waals surface area contributed by atoms with Crippen LogP contribution in [0.15, 0.2) is 48.7 Å². The number of likely N-dealkylation sites (N-methyl/N-ethyl adjacent to an activating group) is 1. The minimum atomic E-state index is -0.0672. The molecule has 1 aromatic carbocycles. The smallest absolute Gasteiger partial charge is 0.246 e. The lowest BCUT2D eigenvalue weighted by atomic mass is 10.1. The maximum Gasteiger partial charge on any atom is 0.246 e. The number of H-pyrrole nitrogens is 1. The minimum absolute atomic E-state index is 0.0600. The molecular formula is C20H22N4O. The highest BCUT2D eigenvalue weighted by Gasteiger charge is 2.17. The van der Waals surface area contributed by atoms with E-state index < -0.39 is 0 Å². The molecule has 1 amide bonds. The van der Waals surface area contributed by atoms with Gasteiger partial charge in [-0.3, -0.25) is 4.79 Å². The van der Waals surface area contributed by atoms with Gasteiger partial charge >= 0.3 is 0 Å². The van der Waals surface area contributed by atoms with Crippen molar-refractivity contribution in [1.29, 1.82) is 0 Å². The van der Waals surface area contributed by atoms with E-state index in [1.165, 1.54) is 0 Å². The molecule has 25 heavy (non-hydrogen) atoms. The second-order valence-electron chi connectivity index (χ2n) is 6.24. The Balaban J connectivity index is 1.75. The number of nitrogens with one attached hydrogen (secondary N) is 1. The number of aromatic amines is 1. The van der Waals surface area contributed by atoms with Gasteiger partial charge in [-0.1, -0.05) is 18.2 Å². The summed E-state index contributed by atoms with van der Waals surface area (Å²) in [4.78, 5) is 21.7. The molecule has 3 aromatic rings. The lowest BCUT2D eigenvalue weighted by Crippen LogP contribution is -2.28. The Bertz CT molecular complexity index is 909. The van der Waals surface area contributed by atoms with E-state index in [9.17, 15) is 4.79 Å². The molecule has 2 aromatic heterocycles. The van der Waals surface area contributed by atoms with Crippen LogP contribution in [-0.2, 0) is 4.79 Å². The Kier molecular flexibility index (Phi) is 4.57. The summed E-state index contributed by atoms with van der Waals surface area (Å²) in [6.45, 7) is 3.95. The molecular weight excluding hydrogens is 312 g/mol. The molecule has 0 bridgehead atoms. The molecule has 1 unspecified atom stereocenters. The molecule has 3 rings (SSSR count). The lowest BCUT2D eigenvalue weighted by molar-refractivity contribution is -0.126. The number of fused-ring (bicyclic) bond motifs is 1. The molecule has 5 nitrogen and oxygen atoms in total. The normalized spacial score (nSPS) is 12.6. The molecule has 0 aliphatic rings. The number of amides is 1. The third-order valence-corrected chi connectivity index (χ3v) is 4.51. The van der Waals surface area contributed by atoms with Gasteiger partial charge in [-0.2, -0.15) is 0 Å². The Morgan fingerprint density at radius 1 is 1.32 bits per heavy atom. The number of aryl methyl sites for hydroxylation is 1. The van der Waals surface area contributed by atoms with Gasteiger partial charge in [0.15, 0.2) is 0 Å². The van der Waals surface area contributed by atoms with Gasteiger partial charge in [-0.05, 0) is 54.6 Å². The highest BCUT2D eigenvalue weighted by Crippen LogP contribution is 2.23. The third-order valence-electron chi connectivity index (χ3n) is 4.51. The zero-order valence-electron chi connectivity index (χ0n) is 14.7. The number of aromatic nitrogens is 2. The minimum Gasteiger partial charge on any atom is -0.384 e. The third kappa shape index (κ3) is 3.55. The summed E-state index contributed by atoms with van der Waals surface area (Å²) in [6, 6.07) is 11.9. The van der Waals surface area contributed by atoms with Gasteiger partial charge < -0.3 is 15.6 Å². The number of hydrogen-bond acceptors (Lipinski definition) is 3. The molecule has 0 radical (unpaired) electrons. The van der Waals surface area contributed by atoms with Gasteiger partial charge in [0, 0.05) is 30.5 Å². The van der Waals surface area contributed by atoms with Crippen LogP contribution in [-0.4, -0.2) is 27.8 Å². The fourth-order valence-corrected chi connectivity index (χ4v) is 2.76. The van der Waals surface area contributed by atoms with Crippen molar-refractivity contribution < 1.29 is 4.79 Å². The van der Waals surface area contributed by atoms with Gasteiger partial charge in [-0.25, -0.2) is 4.98 Å². The second kappa shape index (κ2) is 6.81. The molecule has 0 aliphatic heterocycles. The molecule has 1 atom stereocenters. The summed E-state index contributed by atoms with van der Waals surface area (Å²) in [7, 11) is 1.80. The van der Waals surface area contributed by atoms with Crippen molar-refractivity contribution in [2.75, 3.05) is 12.8 Å². The predicted molar refractivity (Wildman–Crippen MR) is 102 cm³/mol. The molecule has 0 spiro atoms. The van der Waals surface area contributed by atoms with Crippen LogP contribution in [0.2, 0.25) is 0 Å². The number of para-hydroxylation sites is 1. The summed E-state index contributed by atoms with van der Waals surface area (Å²) in [5.41, 5.74) is 9.61. The number of nitrogens with zero attached hydrogens (tertiary/aromatic N) is 2. The van der Waals surface area contributed by atoms with E-state index in [4.69, 9.17) is 5.73 Å². The van der Waals surface area contributed by atoms with E-state index in [1.54, 1.807) is 36.4 Å². The standard InChI is InChI=1S/C20H22N4O/c1-13-10-19(21)22-12-16(13)8-9-20(25)24(3)14(2)18-11-15-6-4-5-7-17(15)23-18/h4-12,14,23H,1-3H3,(H2,21,22)/b9-8+. The van der Waals surface area contributed by atoms with Gasteiger partial charge in [0.2, 0.25) is 5.91 Å². The summed E-state index contributed by atoms with van der Waals surface area (Å²) < 4.78 is 0. The first-order chi connectivity index (χ1) is 12.0. The number of nitrogens with two attached hydrogens (primary N) is 1. The summed E-state index contributed by atoms with van der Waals surface area (Å²) >= 11 is 0. The first-order valence-corrected chi connectivity index (χ1v) is 8.20. The topological polar surface area (TPSA) is 75.0 Å². The van der Waals surface area contributed by atoms with E-state index in [-0.39, 0.29) is 11.9 Å². The second-order valence-corrected chi connectivity index (χ2v) is 6.24. The summed E-state index contributed by atoms with van der Waals surface area (Å²) in [6.07, 6.45) is 5.02. The number of benzene rings is 1. The van der Waals surface area contributed by atoms with Crippen LogP contribution >= 0.6 is 0 Å². The fraction of sp³-hybridized carbons (Fsp3) is 0.200. The summed E-state index contributed by atoms with van der Waals surface area (Å²) in [5.74, 6) is 0.410. The molecule has 2 heterocycles. The van der Waals surface area contributed by atoms with Gasteiger partial charge in [0.25, 0.3) is 0 Å². The van der Waals surface area contributed by atoms with E-state index >= 15 is 0 Å². The lowest BCUT2D eigenvalue weighted by Gasteiger charge is -2.22. The Morgan fingerprint density at radius 2 is 2.08 bits per heavy atom. The molecule has 5 heteroatoms. The average molecular weight is 334 g/mol. The average Bonchev–Trinajstić information content (AvgIpc) is 3.03. The van der Waals surface area contributed by atoms with E-state index in [1.807, 2.05) is 32.0 Å². The number of pyridine rings is 1. The van der Waals surface area contributed by atoms with Gasteiger partial charge in [0.1, 0.15) is 5.82 Å². The van der Waals surface area contributed by atoms with Crippen LogP contribution < -0.4 is 5.73 Å². The number of anilines is 1. The molecule has 0 saturated carbocycles. The highest BCUT2D eigenvalue weighted by atomic mass is 16.2. The van der Waals surface area contributed by atoms with Crippen molar-refractivity contribution >= 4 is 28.7 Å². The Hall–Kier alpha value is -3.08. The molecule has 0 aliphatic carbocycles. The number of rotatable bonds is 4. The highest BCUT2D eigenvalue weighted by molar-refractivity contribution is 5.92. The van der Waals surface area contributed by atoms with Crippen LogP contribution in [0.5, 0.6) is 0 Å². The van der Waals surface area contributed by atoms with E-state index in [0.29, 0.717) is 5.82 Å². The number of carbonyl (C=O) groups excluding carboxylic acids is 1. The van der Waals surface area contributed by atoms with Crippen LogP contribution in [0.3, 0.4) is 0 Å². The van der Waals surface area contributed by atoms with E-state index in [2.05, 4.69) is 22.1 Å². The van der Waals surface area contributed by atoms with Crippen molar-refractivity contribution in [3.8, 4) is 0 Å². The monoisotopic (exact) mass is 334 g/mol. The Morgan fingerprint density at radius 3 is 2.80 bits per heavy atom. The SMILES string of the molecule is Cc1cc(N)ncc1/C=C/C(=O)N(C)C(C)c1cc2ccccc2[nH]1. The largest absolute Gasteiger partial charge is 0.384 e. The van der Waals surface area contributed by atoms with Crippen LogP contribution in [0.25, 0.3) is 17.0 Å². The van der Waals surface area contributed by atoms with Crippen LogP contribution in [0, 0.1) is 6.92 Å². The van der Waals surface area contributed by atoms with Crippen molar-refractivity contribution in [2.45, 2.75) is 19.9 Å². The van der Waals surface area contributed by atoms with Crippen molar-refractivity contribution in [2.24, 2.45) is 0 Å². The fourth-order valence-electron chi connectivity index (χ4n) is 2.76. The Labute approximate surface area is 147 Å². The van der Waals surface area contributed by atoms with Gasteiger partial charge in [0.05, 0.1) is 6.04 Å². The van der Waals surface area contributed by atoms with Gasteiger partial charge in [-0.15, -0.1) is 0 Å². The molecule has 128 valence electrons. The maximum absolute atomic E-state index is 12.5. The van der Waals surface area contributed by atoms with Crippen molar-refractivity contribution in [3.63, 3.8) is 0 Å². The van der Waals surface area contributed by atoms with E-state index in [0.717, 1.165) is 27.7 Å². The van der Waals surface area contributed by atoms with Crippen molar-refractivity contribution in [1.82, 2.24) is 14.9 Å². The predicted octanol–water partition coefficient (Wildman–Crippen LogP) is 3.69. The molecule has 0 fully saturated rings. The molecule has 3 N–H and O–H groups in total. The quantitative estimate of drug-likeness (QED) is 0.715. The maximum atomic E-state index is 12.5. The zero-order valence-corrected chi connectivity index (χ0v) is 14.7. The molecule has 0 saturated heterocycles. The number of nitrogen functional groups attached to an aromatic ring is 1. The zero-order chi connectivity index (χ0) is 18.0.